The smallest absolute Gasteiger partial charge is 0.248 e. The van der Waals surface area contributed by atoms with Gasteiger partial charge in [-0.25, -0.2) is 11.3 Å². The van der Waals surface area contributed by atoms with Crippen LogP contribution in [0.15, 0.2) is 36.4 Å². The Bertz CT molecular complexity index is 802. The van der Waals surface area contributed by atoms with Crippen molar-refractivity contribution in [1.29, 1.82) is 0 Å². The van der Waals surface area contributed by atoms with Crippen molar-refractivity contribution in [3.63, 3.8) is 0 Å². The highest BCUT2D eigenvalue weighted by atomic mass is 35.5. The number of hydrazine groups is 1. The van der Waals surface area contributed by atoms with Gasteiger partial charge in [-0.2, -0.15) is 0 Å². The molecule has 7 N–H and O–H groups in total. The van der Waals surface area contributed by atoms with Gasteiger partial charge in [0, 0.05) is 0 Å². The van der Waals surface area contributed by atoms with Crippen LogP contribution in [0.4, 0.5) is 0 Å². The zero-order valence-electron chi connectivity index (χ0n) is 18.4. The maximum absolute atomic E-state index is 13.6. The van der Waals surface area contributed by atoms with Gasteiger partial charge >= 0.3 is 0 Å². The molecule has 1 rings (SSSR count). The van der Waals surface area contributed by atoms with Crippen LogP contribution in [-0.2, 0) is 14.4 Å². The van der Waals surface area contributed by atoms with Gasteiger partial charge in [0.05, 0.1) is 23.3 Å². The Kier molecular flexibility index (Phi) is 11.3. The first kappa shape index (κ1) is 28.1. The number of hydroxylamine groups is 1. The first-order valence-corrected chi connectivity index (χ1v) is 11.1. The van der Waals surface area contributed by atoms with Crippen LogP contribution in [0.25, 0.3) is 6.08 Å². The summed E-state index contributed by atoms with van der Waals surface area (Å²) in [7, 11) is 0. The topological polar surface area (TPSA) is 148 Å². The molecule has 0 radical (unpaired) electrons. The molecule has 1 unspecified atom stereocenters. The van der Waals surface area contributed by atoms with E-state index in [1.807, 2.05) is 32.0 Å². The average molecular weight is 487 g/mol. The number of carbonyl (C=O) groups excluding carboxylic acids is 3. The SMILES string of the molecule is CC(C)C[C@@H](C(=O)NN)[C@H](C(=O)NO)C(/C=C/c1ccccc1)(CC(Cl)Cl)C(=O)[C@@H](C)N. The molecule has 0 saturated carbocycles. The summed E-state index contributed by atoms with van der Waals surface area (Å²) in [6.07, 6.45) is 3.12. The maximum atomic E-state index is 13.6. The number of allylic oxidation sites excluding steroid dienone is 1. The molecule has 1 aromatic carbocycles. The third-order valence-corrected chi connectivity index (χ3v) is 5.60. The summed E-state index contributed by atoms with van der Waals surface area (Å²) < 4.78 is 0. The molecule has 0 fully saturated rings. The number of halogens is 2. The Labute approximate surface area is 198 Å². The Morgan fingerprint density at radius 2 is 1.72 bits per heavy atom. The Morgan fingerprint density at radius 1 is 1.12 bits per heavy atom. The standard InChI is InChI=1S/C22H32Cl2N4O4/c1-13(2)11-16(20(30)27-26)18(21(31)28-32)22(12-17(23)24,19(29)14(3)25)10-9-15-7-5-4-6-8-15/h4-10,13-14,16-18,32H,11-12,25-26H2,1-3H3,(H,27,30)(H,28,31)/b10-9+/t14-,16-,18-,22?/m1/s1. The van der Waals surface area contributed by atoms with Gasteiger partial charge in [-0.3, -0.25) is 25.0 Å². The number of rotatable bonds is 12. The zero-order valence-corrected chi connectivity index (χ0v) is 19.9. The van der Waals surface area contributed by atoms with E-state index in [1.165, 1.54) is 13.0 Å². The van der Waals surface area contributed by atoms with Crippen LogP contribution in [0.2, 0.25) is 0 Å². The van der Waals surface area contributed by atoms with Gasteiger partial charge in [0.15, 0.2) is 5.78 Å². The summed E-state index contributed by atoms with van der Waals surface area (Å²) in [5, 5.41) is 9.55. The second-order valence-electron chi connectivity index (χ2n) is 8.23. The quantitative estimate of drug-likeness (QED) is 0.101. The molecular formula is C22H32Cl2N4O4. The first-order chi connectivity index (χ1) is 15.0. The molecule has 0 bridgehead atoms. The number of carbonyl (C=O) groups is 3. The van der Waals surface area contributed by atoms with Gasteiger partial charge in [0.2, 0.25) is 11.8 Å². The number of Topliss-reactive ketones (excluding diaryl/α,β-unsaturated/α-hetero) is 1. The summed E-state index contributed by atoms with van der Waals surface area (Å²) in [5.74, 6) is 0.720. The third kappa shape index (κ3) is 7.28. The van der Waals surface area contributed by atoms with E-state index in [0.717, 1.165) is 5.56 Å². The monoisotopic (exact) mass is 486 g/mol. The fourth-order valence-corrected chi connectivity index (χ4v) is 4.49. The fourth-order valence-electron chi connectivity index (χ4n) is 3.98. The molecule has 0 aliphatic rings. The van der Waals surface area contributed by atoms with Crippen molar-refractivity contribution < 1.29 is 19.6 Å². The summed E-state index contributed by atoms with van der Waals surface area (Å²) in [4.78, 5) is 38.3. The fraction of sp³-hybridized carbons (Fsp3) is 0.500. The second kappa shape index (κ2) is 12.9. The molecule has 0 aliphatic heterocycles. The van der Waals surface area contributed by atoms with E-state index in [1.54, 1.807) is 23.7 Å². The number of nitrogens with one attached hydrogen (secondary N) is 2. The highest BCUT2D eigenvalue weighted by Gasteiger charge is 2.53. The molecule has 0 aromatic heterocycles. The van der Waals surface area contributed by atoms with Crippen LogP contribution in [0, 0.1) is 23.2 Å². The molecular weight excluding hydrogens is 455 g/mol. The number of alkyl halides is 2. The lowest BCUT2D eigenvalue weighted by atomic mass is 9.61. The minimum absolute atomic E-state index is 0.0460. The van der Waals surface area contributed by atoms with Crippen LogP contribution in [0.5, 0.6) is 0 Å². The van der Waals surface area contributed by atoms with Crippen LogP contribution >= 0.6 is 23.2 Å². The number of amides is 2. The minimum Gasteiger partial charge on any atom is -0.322 e. The van der Waals surface area contributed by atoms with E-state index in [9.17, 15) is 19.6 Å². The van der Waals surface area contributed by atoms with Crippen molar-refractivity contribution in [2.75, 3.05) is 0 Å². The maximum Gasteiger partial charge on any atom is 0.248 e. The van der Waals surface area contributed by atoms with Crippen molar-refractivity contribution in [3.8, 4) is 0 Å². The Morgan fingerprint density at radius 3 is 2.16 bits per heavy atom. The predicted octanol–water partition coefficient (Wildman–Crippen LogP) is 2.57. The number of hydrogen-bond donors (Lipinski definition) is 5. The van der Waals surface area contributed by atoms with Crippen LogP contribution in [0.3, 0.4) is 0 Å². The number of nitrogens with two attached hydrogens (primary N) is 2. The number of ketones is 1. The molecule has 0 heterocycles. The van der Waals surface area contributed by atoms with Gasteiger partial charge in [-0.05, 0) is 31.2 Å². The minimum atomic E-state index is -1.71. The Balaban J connectivity index is 3.88. The molecule has 32 heavy (non-hydrogen) atoms. The van der Waals surface area contributed by atoms with Gasteiger partial charge in [-0.1, -0.05) is 56.3 Å². The van der Waals surface area contributed by atoms with Gasteiger partial charge < -0.3 is 5.73 Å². The molecule has 8 nitrogen and oxygen atoms in total. The number of benzene rings is 1. The van der Waals surface area contributed by atoms with Crippen molar-refractivity contribution in [2.24, 2.45) is 34.7 Å². The summed E-state index contributed by atoms with van der Waals surface area (Å²) in [6.45, 7) is 5.18. The molecule has 178 valence electrons. The zero-order chi connectivity index (χ0) is 24.5. The molecule has 0 spiro atoms. The lowest BCUT2D eigenvalue weighted by Gasteiger charge is -2.41. The molecule has 1 aromatic rings. The van der Waals surface area contributed by atoms with E-state index in [-0.39, 0.29) is 18.8 Å². The number of hydrogen-bond acceptors (Lipinski definition) is 6. The Hall–Kier alpha value is -1.97. The van der Waals surface area contributed by atoms with Crippen LogP contribution < -0.4 is 22.5 Å². The third-order valence-electron chi connectivity index (χ3n) is 5.29. The first-order valence-electron chi connectivity index (χ1n) is 10.3. The van der Waals surface area contributed by atoms with E-state index < -0.39 is 45.7 Å². The van der Waals surface area contributed by atoms with Crippen LogP contribution in [0.1, 0.15) is 39.2 Å². The summed E-state index contributed by atoms with van der Waals surface area (Å²) in [6, 6.07) is 8.03. The van der Waals surface area contributed by atoms with Gasteiger partial charge in [0.25, 0.3) is 0 Å². The average Bonchev–Trinajstić information content (AvgIpc) is 2.75. The predicted molar refractivity (Wildman–Crippen MR) is 125 cm³/mol. The lowest BCUT2D eigenvalue weighted by molar-refractivity contribution is -0.151. The van der Waals surface area contributed by atoms with Crippen molar-refractivity contribution in [2.45, 2.75) is 44.5 Å². The highest BCUT2D eigenvalue weighted by Crippen LogP contribution is 2.45. The van der Waals surface area contributed by atoms with Crippen LogP contribution in [-0.4, -0.2) is 33.7 Å². The van der Waals surface area contributed by atoms with E-state index >= 15 is 0 Å². The van der Waals surface area contributed by atoms with E-state index in [0.29, 0.717) is 0 Å². The lowest BCUT2D eigenvalue weighted by Crippen LogP contribution is -2.56. The van der Waals surface area contributed by atoms with Gasteiger partial charge in [0.1, 0.15) is 4.84 Å². The molecule has 0 saturated heterocycles. The van der Waals surface area contributed by atoms with Crippen molar-refractivity contribution >= 4 is 46.9 Å². The molecule has 2 amide bonds. The normalized spacial score (nSPS) is 16.4. The van der Waals surface area contributed by atoms with E-state index in [2.05, 4.69) is 5.43 Å². The summed E-state index contributed by atoms with van der Waals surface area (Å²) in [5.41, 5.74) is 8.65. The van der Waals surface area contributed by atoms with E-state index in [4.69, 9.17) is 34.8 Å². The second-order valence-corrected chi connectivity index (χ2v) is 9.51. The molecule has 4 atom stereocenters. The van der Waals surface area contributed by atoms with Crippen molar-refractivity contribution in [1.82, 2.24) is 10.9 Å². The molecule has 10 heteroatoms. The van der Waals surface area contributed by atoms with Crippen molar-refractivity contribution in [3.05, 3.63) is 42.0 Å². The largest absolute Gasteiger partial charge is 0.322 e. The summed E-state index contributed by atoms with van der Waals surface area (Å²) >= 11 is 12.3. The van der Waals surface area contributed by atoms with Gasteiger partial charge in [-0.15, -0.1) is 23.2 Å². The molecule has 0 aliphatic carbocycles. The highest BCUT2D eigenvalue weighted by molar-refractivity contribution is 6.44.